The summed E-state index contributed by atoms with van der Waals surface area (Å²) >= 11 is 3.59. The first-order valence-electron chi connectivity index (χ1n) is 5.00. The molecule has 0 amide bonds. The van der Waals surface area contributed by atoms with Crippen LogP contribution in [-0.4, -0.2) is 7.11 Å². The lowest BCUT2D eigenvalue weighted by atomic mass is 10.00. The van der Waals surface area contributed by atoms with Gasteiger partial charge in [-0.3, -0.25) is 0 Å². The summed E-state index contributed by atoms with van der Waals surface area (Å²) in [6.45, 7) is 4.28. The zero-order valence-corrected chi connectivity index (χ0v) is 10.6. The Labute approximate surface area is 94.6 Å². The molecule has 0 heterocycles. The Morgan fingerprint density at radius 2 is 2.14 bits per heavy atom. The summed E-state index contributed by atoms with van der Waals surface area (Å²) in [7, 11) is 1.75. The van der Waals surface area contributed by atoms with Crippen molar-refractivity contribution in [1.29, 1.82) is 0 Å². The maximum absolute atomic E-state index is 5.36. The van der Waals surface area contributed by atoms with Gasteiger partial charge >= 0.3 is 0 Å². The van der Waals surface area contributed by atoms with E-state index in [1.165, 1.54) is 15.6 Å². The molecule has 0 saturated carbocycles. The number of hydrogen-bond donors (Lipinski definition) is 0. The summed E-state index contributed by atoms with van der Waals surface area (Å²) in [6.07, 6.45) is 2.44. The maximum atomic E-state index is 5.36. The summed E-state index contributed by atoms with van der Waals surface area (Å²) in [4.78, 5) is 0. The maximum Gasteiger partial charge on any atom is 0.0796 e. The van der Waals surface area contributed by atoms with Crippen LogP contribution in [0.5, 0.6) is 0 Å². The van der Waals surface area contributed by atoms with Gasteiger partial charge in [0, 0.05) is 11.6 Å². The standard InChI is InChI=1S/C12H17BrO/c1-4-6-11-10(9(2)14-3)7-5-8-12(11)13/h5,7-9H,4,6H2,1-3H3. The van der Waals surface area contributed by atoms with Crippen molar-refractivity contribution in [3.63, 3.8) is 0 Å². The summed E-state index contributed by atoms with van der Waals surface area (Å²) in [6, 6.07) is 6.30. The molecule has 1 rings (SSSR count). The van der Waals surface area contributed by atoms with Gasteiger partial charge in [0.25, 0.3) is 0 Å². The Balaban J connectivity index is 3.07. The van der Waals surface area contributed by atoms with E-state index in [0.717, 1.165) is 12.8 Å². The highest BCUT2D eigenvalue weighted by Gasteiger charge is 2.11. The molecule has 0 aliphatic heterocycles. The molecular formula is C12H17BrO. The SMILES string of the molecule is CCCc1c(Br)cccc1C(C)OC. The van der Waals surface area contributed by atoms with Crippen molar-refractivity contribution in [2.45, 2.75) is 32.8 Å². The van der Waals surface area contributed by atoms with Crippen molar-refractivity contribution in [1.82, 2.24) is 0 Å². The second kappa shape index (κ2) is 5.52. The Morgan fingerprint density at radius 3 is 2.71 bits per heavy atom. The molecule has 0 radical (unpaired) electrons. The second-order valence-corrected chi connectivity index (χ2v) is 4.29. The van der Waals surface area contributed by atoms with Gasteiger partial charge in [0.05, 0.1) is 6.10 Å². The number of ether oxygens (including phenoxy) is 1. The van der Waals surface area contributed by atoms with Gasteiger partial charge in [-0.25, -0.2) is 0 Å². The average Bonchev–Trinajstić information content (AvgIpc) is 2.20. The van der Waals surface area contributed by atoms with Crippen LogP contribution in [-0.2, 0) is 11.2 Å². The van der Waals surface area contributed by atoms with E-state index in [2.05, 4.69) is 48.0 Å². The highest BCUT2D eigenvalue weighted by molar-refractivity contribution is 9.10. The van der Waals surface area contributed by atoms with Crippen LogP contribution in [0.2, 0.25) is 0 Å². The Kier molecular flexibility index (Phi) is 4.63. The van der Waals surface area contributed by atoms with E-state index < -0.39 is 0 Å². The minimum Gasteiger partial charge on any atom is -0.377 e. The van der Waals surface area contributed by atoms with E-state index in [9.17, 15) is 0 Å². The molecule has 1 atom stereocenters. The molecule has 0 aliphatic rings. The minimum absolute atomic E-state index is 0.175. The van der Waals surface area contributed by atoms with Crippen molar-refractivity contribution in [2.75, 3.05) is 7.11 Å². The first kappa shape index (κ1) is 11.7. The molecule has 1 aromatic rings. The largest absolute Gasteiger partial charge is 0.377 e. The fraction of sp³-hybridized carbons (Fsp3) is 0.500. The van der Waals surface area contributed by atoms with E-state index in [1.54, 1.807) is 7.11 Å². The van der Waals surface area contributed by atoms with Crippen LogP contribution in [0.4, 0.5) is 0 Å². The lowest BCUT2D eigenvalue weighted by Gasteiger charge is -2.16. The molecule has 1 nitrogen and oxygen atoms in total. The number of halogens is 1. The fourth-order valence-electron chi connectivity index (χ4n) is 1.60. The molecule has 0 bridgehead atoms. The second-order valence-electron chi connectivity index (χ2n) is 3.44. The average molecular weight is 257 g/mol. The molecule has 14 heavy (non-hydrogen) atoms. The van der Waals surface area contributed by atoms with Crippen LogP contribution in [0.15, 0.2) is 22.7 Å². The minimum atomic E-state index is 0.175. The third-order valence-electron chi connectivity index (χ3n) is 2.45. The van der Waals surface area contributed by atoms with Crippen LogP contribution in [0, 0.1) is 0 Å². The van der Waals surface area contributed by atoms with Gasteiger partial charge in [0.15, 0.2) is 0 Å². The highest BCUT2D eigenvalue weighted by Crippen LogP contribution is 2.27. The zero-order valence-electron chi connectivity index (χ0n) is 9.01. The number of benzene rings is 1. The topological polar surface area (TPSA) is 9.23 Å². The predicted octanol–water partition coefficient (Wildman–Crippen LogP) is 4.11. The van der Waals surface area contributed by atoms with E-state index in [1.807, 2.05) is 0 Å². The lowest BCUT2D eigenvalue weighted by molar-refractivity contribution is 0.118. The summed E-state index contributed by atoms with van der Waals surface area (Å²) in [5.74, 6) is 0. The molecule has 0 saturated heterocycles. The quantitative estimate of drug-likeness (QED) is 0.788. The molecule has 2 heteroatoms. The first-order valence-corrected chi connectivity index (χ1v) is 5.80. The van der Waals surface area contributed by atoms with Crippen molar-refractivity contribution in [3.05, 3.63) is 33.8 Å². The Hall–Kier alpha value is -0.340. The third-order valence-corrected chi connectivity index (χ3v) is 3.19. The van der Waals surface area contributed by atoms with Crippen molar-refractivity contribution in [2.24, 2.45) is 0 Å². The van der Waals surface area contributed by atoms with Gasteiger partial charge in [-0.2, -0.15) is 0 Å². The first-order chi connectivity index (χ1) is 6.70. The molecule has 0 N–H and O–H groups in total. The van der Waals surface area contributed by atoms with Gasteiger partial charge in [0.2, 0.25) is 0 Å². The lowest BCUT2D eigenvalue weighted by Crippen LogP contribution is -2.01. The summed E-state index contributed by atoms with van der Waals surface area (Å²) in [5, 5.41) is 0. The normalized spacial score (nSPS) is 12.9. The molecule has 0 fully saturated rings. The van der Waals surface area contributed by atoms with E-state index in [0.29, 0.717) is 0 Å². The Morgan fingerprint density at radius 1 is 1.43 bits per heavy atom. The van der Waals surface area contributed by atoms with Gasteiger partial charge < -0.3 is 4.74 Å². The highest BCUT2D eigenvalue weighted by atomic mass is 79.9. The zero-order chi connectivity index (χ0) is 10.6. The van der Waals surface area contributed by atoms with Gasteiger partial charge in [0.1, 0.15) is 0 Å². The van der Waals surface area contributed by atoms with Crippen LogP contribution < -0.4 is 0 Å². The van der Waals surface area contributed by atoms with E-state index in [-0.39, 0.29) is 6.10 Å². The molecule has 0 aliphatic carbocycles. The van der Waals surface area contributed by atoms with E-state index >= 15 is 0 Å². The molecule has 0 spiro atoms. The number of rotatable bonds is 4. The summed E-state index contributed by atoms with van der Waals surface area (Å²) < 4.78 is 6.55. The van der Waals surface area contributed by atoms with E-state index in [4.69, 9.17) is 4.74 Å². The third kappa shape index (κ3) is 2.58. The monoisotopic (exact) mass is 256 g/mol. The summed E-state index contributed by atoms with van der Waals surface area (Å²) in [5.41, 5.74) is 2.67. The molecule has 0 aromatic heterocycles. The van der Waals surface area contributed by atoms with Crippen LogP contribution in [0.3, 0.4) is 0 Å². The fourth-order valence-corrected chi connectivity index (χ4v) is 2.18. The van der Waals surface area contributed by atoms with Crippen molar-refractivity contribution < 1.29 is 4.74 Å². The number of methoxy groups -OCH3 is 1. The van der Waals surface area contributed by atoms with Gasteiger partial charge in [-0.15, -0.1) is 0 Å². The van der Waals surface area contributed by atoms with Crippen LogP contribution in [0.25, 0.3) is 0 Å². The van der Waals surface area contributed by atoms with Crippen LogP contribution in [0.1, 0.15) is 37.5 Å². The predicted molar refractivity (Wildman–Crippen MR) is 63.6 cm³/mol. The van der Waals surface area contributed by atoms with Gasteiger partial charge in [-0.05, 0) is 30.5 Å². The molecule has 78 valence electrons. The van der Waals surface area contributed by atoms with Crippen molar-refractivity contribution >= 4 is 15.9 Å². The Bertz CT molecular complexity index is 296. The van der Waals surface area contributed by atoms with Crippen molar-refractivity contribution in [3.8, 4) is 0 Å². The number of hydrogen-bond acceptors (Lipinski definition) is 1. The molecular weight excluding hydrogens is 240 g/mol. The van der Waals surface area contributed by atoms with Gasteiger partial charge in [-0.1, -0.05) is 41.4 Å². The van der Waals surface area contributed by atoms with Crippen LogP contribution >= 0.6 is 15.9 Å². The smallest absolute Gasteiger partial charge is 0.0796 e. The molecule has 1 unspecified atom stereocenters. The molecule has 1 aromatic carbocycles.